The SMILES string of the molecule is Cc1c(-c2cc(F)ccc2O)nc2ccccc2c1-c1ccccc1. The number of phenolic OH excluding ortho intramolecular Hbond substituents is 1. The predicted molar refractivity (Wildman–Crippen MR) is 99.0 cm³/mol. The van der Waals surface area contributed by atoms with Crippen molar-refractivity contribution in [3.8, 4) is 28.1 Å². The zero-order valence-corrected chi connectivity index (χ0v) is 13.7. The zero-order valence-electron chi connectivity index (χ0n) is 13.7. The monoisotopic (exact) mass is 329 g/mol. The van der Waals surface area contributed by atoms with E-state index in [-0.39, 0.29) is 5.75 Å². The molecule has 0 bridgehead atoms. The van der Waals surface area contributed by atoms with Gasteiger partial charge in [0.25, 0.3) is 0 Å². The molecule has 0 saturated carbocycles. The minimum absolute atomic E-state index is 0.0197. The fraction of sp³-hybridized carbons (Fsp3) is 0.0455. The minimum atomic E-state index is -0.400. The zero-order chi connectivity index (χ0) is 17.4. The number of hydrogen-bond donors (Lipinski definition) is 1. The fourth-order valence-electron chi connectivity index (χ4n) is 3.24. The lowest BCUT2D eigenvalue weighted by Gasteiger charge is -2.16. The van der Waals surface area contributed by atoms with E-state index in [0.717, 1.165) is 27.6 Å². The van der Waals surface area contributed by atoms with Gasteiger partial charge < -0.3 is 5.11 Å². The number of benzene rings is 3. The molecule has 4 aromatic rings. The first-order chi connectivity index (χ1) is 12.1. The lowest BCUT2D eigenvalue weighted by molar-refractivity contribution is 0.475. The summed E-state index contributed by atoms with van der Waals surface area (Å²) in [5.41, 5.74) is 4.83. The Morgan fingerprint density at radius 3 is 2.40 bits per heavy atom. The molecule has 0 unspecified atom stereocenters. The molecule has 4 rings (SSSR count). The van der Waals surface area contributed by atoms with Gasteiger partial charge in [-0.1, -0.05) is 48.5 Å². The van der Waals surface area contributed by atoms with Gasteiger partial charge in [0.1, 0.15) is 11.6 Å². The van der Waals surface area contributed by atoms with E-state index in [0.29, 0.717) is 11.3 Å². The van der Waals surface area contributed by atoms with Crippen LogP contribution in [0.1, 0.15) is 5.56 Å². The predicted octanol–water partition coefficient (Wildman–Crippen LogP) is 5.72. The topological polar surface area (TPSA) is 33.1 Å². The molecule has 0 aliphatic rings. The summed E-state index contributed by atoms with van der Waals surface area (Å²) in [5, 5.41) is 11.3. The molecule has 0 atom stereocenters. The molecule has 0 saturated heterocycles. The number of pyridine rings is 1. The van der Waals surface area contributed by atoms with E-state index in [9.17, 15) is 9.50 Å². The van der Waals surface area contributed by atoms with Crippen molar-refractivity contribution in [2.45, 2.75) is 6.92 Å². The average molecular weight is 329 g/mol. The quantitative estimate of drug-likeness (QED) is 0.510. The van der Waals surface area contributed by atoms with Crippen LogP contribution in [0.15, 0.2) is 72.8 Å². The Bertz CT molecular complexity index is 1070. The molecule has 3 aromatic carbocycles. The maximum absolute atomic E-state index is 13.8. The maximum atomic E-state index is 13.8. The van der Waals surface area contributed by atoms with Crippen LogP contribution >= 0.6 is 0 Å². The number of rotatable bonds is 2. The fourth-order valence-corrected chi connectivity index (χ4v) is 3.24. The van der Waals surface area contributed by atoms with Crippen molar-refractivity contribution in [1.82, 2.24) is 4.98 Å². The summed E-state index contributed by atoms with van der Waals surface area (Å²) in [6.07, 6.45) is 0. The Balaban J connectivity index is 2.11. The highest BCUT2D eigenvalue weighted by Gasteiger charge is 2.17. The van der Waals surface area contributed by atoms with E-state index < -0.39 is 5.82 Å². The van der Waals surface area contributed by atoms with Crippen LogP contribution in [-0.4, -0.2) is 10.1 Å². The first kappa shape index (κ1) is 15.3. The van der Waals surface area contributed by atoms with E-state index in [1.807, 2.05) is 61.5 Å². The highest BCUT2D eigenvalue weighted by Crippen LogP contribution is 2.39. The van der Waals surface area contributed by atoms with Crippen LogP contribution in [-0.2, 0) is 0 Å². The molecule has 0 aliphatic heterocycles. The number of halogens is 1. The number of hydrogen-bond acceptors (Lipinski definition) is 2. The number of nitrogens with zero attached hydrogens (tertiary/aromatic N) is 1. The minimum Gasteiger partial charge on any atom is -0.507 e. The molecule has 2 nitrogen and oxygen atoms in total. The lowest BCUT2D eigenvalue weighted by atomic mass is 9.92. The van der Waals surface area contributed by atoms with Crippen LogP contribution < -0.4 is 0 Å². The van der Waals surface area contributed by atoms with Crippen molar-refractivity contribution in [3.05, 3.63) is 84.2 Å². The number of aromatic hydroxyl groups is 1. The molecule has 0 fully saturated rings. The largest absolute Gasteiger partial charge is 0.507 e. The van der Waals surface area contributed by atoms with Gasteiger partial charge in [-0.2, -0.15) is 0 Å². The average Bonchev–Trinajstić information content (AvgIpc) is 2.64. The van der Waals surface area contributed by atoms with Gasteiger partial charge in [0.2, 0.25) is 0 Å². The second-order valence-corrected chi connectivity index (χ2v) is 6.01. The van der Waals surface area contributed by atoms with Gasteiger partial charge in [0, 0.05) is 10.9 Å². The Hall–Kier alpha value is -3.20. The van der Waals surface area contributed by atoms with Crippen LogP contribution in [0.3, 0.4) is 0 Å². The Morgan fingerprint density at radius 2 is 1.60 bits per heavy atom. The highest BCUT2D eigenvalue weighted by atomic mass is 19.1. The Kier molecular flexibility index (Phi) is 3.69. The van der Waals surface area contributed by atoms with Gasteiger partial charge in [-0.25, -0.2) is 9.37 Å². The molecular formula is C22H16FNO. The molecule has 0 aliphatic carbocycles. The third-order valence-electron chi connectivity index (χ3n) is 4.41. The third-order valence-corrected chi connectivity index (χ3v) is 4.41. The molecule has 0 amide bonds. The maximum Gasteiger partial charge on any atom is 0.125 e. The van der Waals surface area contributed by atoms with Crippen molar-refractivity contribution in [1.29, 1.82) is 0 Å². The van der Waals surface area contributed by atoms with E-state index >= 15 is 0 Å². The van der Waals surface area contributed by atoms with Gasteiger partial charge in [0.05, 0.1) is 11.2 Å². The number of phenols is 1. The Morgan fingerprint density at radius 1 is 0.880 bits per heavy atom. The van der Waals surface area contributed by atoms with Crippen LogP contribution in [0.4, 0.5) is 4.39 Å². The van der Waals surface area contributed by atoms with Crippen LogP contribution in [0.5, 0.6) is 5.75 Å². The molecular weight excluding hydrogens is 313 g/mol. The third kappa shape index (κ3) is 2.64. The molecule has 25 heavy (non-hydrogen) atoms. The number of aromatic nitrogens is 1. The summed E-state index contributed by atoms with van der Waals surface area (Å²) in [5.74, 6) is -0.380. The van der Waals surface area contributed by atoms with E-state index in [1.165, 1.54) is 18.2 Å². The van der Waals surface area contributed by atoms with Crippen molar-refractivity contribution < 1.29 is 9.50 Å². The van der Waals surface area contributed by atoms with Gasteiger partial charge in [0.15, 0.2) is 0 Å². The van der Waals surface area contributed by atoms with Gasteiger partial charge >= 0.3 is 0 Å². The van der Waals surface area contributed by atoms with Crippen molar-refractivity contribution in [2.75, 3.05) is 0 Å². The van der Waals surface area contributed by atoms with E-state index in [4.69, 9.17) is 4.98 Å². The molecule has 1 aromatic heterocycles. The van der Waals surface area contributed by atoms with Crippen molar-refractivity contribution in [3.63, 3.8) is 0 Å². The van der Waals surface area contributed by atoms with Gasteiger partial charge in [-0.15, -0.1) is 0 Å². The highest BCUT2D eigenvalue weighted by molar-refractivity contribution is 5.99. The second kappa shape index (κ2) is 6.02. The van der Waals surface area contributed by atoms with Gasteiger partial charge in [-0.3, -0.25) is 0 Å². The number of para-hydroxylation sites is 1. The summed E-state index contributed by atoms with van der Waals surface area (Å²) in [6.45, 7) is 1.96. The van der Waals surface area contributed by atoms with Crippen LogP contribution in [0.2, 0.25) is 0 Å². The van der Waals surface area contributed by atoms with E-state index in [2.05, 4.69) is 0 Å². The van der Waals surface area contributed by atoms with Crippen LogP contribution in [0.25, 0.3) is 33.3 Å². The molecule has 1 heterocycles. The lowest BCUT2D eigenvalue weighted by Crippen LogP contribution is -1.96. The molecule has 0 spiro atoms. The molecule has 0 radical (unpaired) electrons. The van der Waals surface area contributed by atoms with Crippen molar-refractivity contribution >= 4 is 10.9 Å². The summed E-state index contributed by atoms with van der Waals surface area (Å²) in [6, 6.07) is 21.9. The summed E-state index contributed by atoms with van der Waals surface area (Å²) in [7, 11) is 0. The van der Waals surface area contributed by atoms with Gasteiger partial charge in [-0.05, 0) is 47.9 Å². The molecule has 122 valence electrons. The first-order valence-corrected chi connectivity index (χ1v) is 8.09. The van der Waals surface area contributed by atoms with E-state index in [1.54, 1.807) is 0 Å². The summed E-state index contributed by atoms with van der Waals surface area (Å²) in [4.78, 5) is 4.71. The normalized spacial score (nSPS) is 11.0. The standard InChI is InChI=1S/C22H16FNO/c1-14-21(15-7-3-2-4-8-15)17-9-5-6-10-19(17)24-22(14)18-13-16(23)11-12-20(18)25/h2-13,25H,1H3. The molecule has 3 heteroatoms. The first-order valence-electron chi connectivity index (χ1n) is 8.09. The van der Waals surface area contributed by atoms with Crippen molar-refractivity contribution in [2.24, 2.45) is 0 Å². The molecule has 1 N–H and O–H groups in total. The summed E-state index contributed by atoms with van der Waals surface area (Å²) < 4.78 is 13.8. The smallest absolute Gasteiger partial charge is 0.125 e. The van der Waals surface area contributed by atoms with Crippen LogP contribution in [0, 0.1) is 12.7 Å². The Labute approximate surface area is 145 Å². The summed E-state index contributed by atoms with van der Waals surface area (Å²) >= 11 is 0. The second-order valence-electron chi connectivity index (χ2n) is 6.01. The number of fused-ring (bicyclic) bond motifs is 1.